The van der Waals surface area contributed by atoms with Crippen molar-refractivity contribution in [3.8, 4) is 0 Å². The molecular weight excluding hydrogens is 413 g/mol. The number of para-hydroxylation sites is 1. The van der Waals surface area contributed by atoms with E-state index in [-0.39, 0.29) is 63.0 Å². The van der Waals surface area contributed by atoms with Gasteiger partial charge in [-0.3, -0.25) is 4.90 Å². The van der Waals surface area contributed by atoms with Gasteiger partial charge in [0, 0.05) is 28.7 Å². The van der Waals surface area contributed by atoms with Gasteiger partial charge in [-0.15, -0.1) is 0 Å². The molecule has 0 saturated heterocycles. The molecule has 1 fully saturated rings. The van der Waals surface area contributed by atoms with E-state index in [0.717, 1.165) is 42.1 Å². The van der Waals surface area contributed by atoms with Gasteiger partial charge in [-0.05, 0) is 63.4 Å². The van der Waals surface area contributed by atoms with Crippen LogP contribution in [0.1, 0.15) is 36.8 Å². The Labute approximate surface area is 227 Å². The zero-order valence-corrected chi connectivity index (χ0v) is 21.9. The molecule has 2 aromatic carbocycles. The fourth-order valence-corrected chi connectivity index (χ4v) is 5.02. The molecule has 0 unspecified atom stereocenters. The Kier molecular flexibility index (Phi) is 8.55. The van der Waals surface area contributed by atoms with Gasteiger partial charge in [0.15, 0.2) is 0 Å². The van der Waals surface area contributed by atoms with Crippen molar-refractivity contribution in [2.75, 3.05) is 14.1 Å². The third-order valence-electron chi connectivity index (χ3n) is 6.80. The number of aromatic amines is 1. The van der Waals surface area contributed by atoms with E-state index < -0.39 is 12.0 Å². The number of carboxylic acids is 1. The first-order valence-corrected chi connectivity index (χ1v) is 10.7. The molecule has 0 spiro atoms. The number of fused-ring (bicyclic) bond motifs is 1. The number of carboxylic acid groups (broad SMARTS) is 1. The molecule has 1 aromatic heterocycles. The summed E-state index contributed by atoms with van der Waals surface area (Å²) in [6.07, 6.45) is 6.19. The SMILES string of the molecule is CN(C)C1(c2ccccc2)CCC(N[C@@H](Cc2c[nH]c3ccccc23)C(=O)[O-])CC1.[K+]. The van der Waals surface area contributed by atoms with Crippen molar-refractivity contribution in [1.29, 1.82) is 0 Å². The topological polar surface area (TPSA) is 71.2 Å². The van der Waals surface area contributed by atoms with Crippen LogP contribution in [0.3, 0.4) is 0 Å². The van der Waals surface area contributed by atoms with Gasteiger partial charge < -0.3 is 20.2 Å². The zero-order chi connectivity index (χ0) is 21.1. The number of H-pyrrole nitrogens is 1. The van der Waals surface area contributed by atoms with Crippen molar-refractivity contribution in [2.24, 2.45) is 0 Å². The zero-order valence-electron chi connectivity index (χ0n) is 18.7. The van der Waals surface area contributed by atoms with Gasteiger partial charge >= 0.3 is 51.4 Å². The number of rotatable bonds is 7. The summed E-state index contributed by atoms with van der Waals surface area (Å²) in [6.45, 7) is 0. The average molecular weight is 444 g/mol. The van der Waals surface area contributed by atoms with E-state index in [2.05, 4.69) is 59.6 Å². The van der Waals surface area contributed by atoms with Crippen molar-refractivity contribution in [1.82, 2.24) is 15.2 Å². The second-order valence-corrected chi connectivity index (χ2v) is 8.67. The standard InChI is InChI=1S/C25H31N3O2.K/c1-28(2)25(19-8-4-3-5-9-19)14-12-20(13-15-25)27-23(24(29)30)16-18-17-26-22-11-7-6-10-21(18)22;/h3-11,17,20,23,26-27H,12-16H2,1-2H3,(H,29,30);/q;+1/p-1/t20?,23-,25?;/m0./s1. The number of aliphatic carboxylic acids is 1. The minimum absolute atomic E-state index is 0. The molecule has 6 heteroatoms. The first-order chi connectivity index (χ1) is 14.5. The number of carbonyl (C=O) groups excluding carboxylic acids is 1. The molecule has 5 nitrogen and oxygen atoms in total. The van der Waals surface area contributed by atoms with Gasteiger partial charge in [0.05, 0.1) is 12.0 Å². The number of nitrogens with zero attached hydrogens (tertiary/aromatic N) is 1. The molecule has 1 aliphatic rings. The molecule has 158 valence electrons. The molecule has 1 heterocycles. The summed E-state index contributed by atoms with van der Waals surface area (Å²) in [7, 11) is 4.28. The Hall–Kier alpha value is -0.994. The van der Waals surface area contributed by atoms with Crippen LogP contribution < -0.4 is 61.8 Å². The van der Waals surface area contributed by atoms with Crippen LogP contribution >= 0.6 is 0 Å². The van der Waals surface area contributed by atoms with Crippen LogP contribution in [0.5, 0.6) is 0 Å². The third-order valence-corrected chi connectivity index (χ3v) is 6.80. The number of hydrogen-bond donors (Lipinski definition) is 2. The minimum atomic E-state index is -1.03. The van der Waals surface area contributed by atoms with Crippen molar-refractivity contribution in [3.05, 3.63) is 71.9 Å². The average Bonchev–Trinajstić information content (AvgIpc) is 3.17. The second-order valence-electron chi connectivity index (χ2n) is 8.67. The second kappa shape index (κ2) is 10.7. The fourth-order valence-electron chi connectivity index (χ4n) is 5.02. The molecule has 0 aliphatic heterocycles. The first kappa shape index (κ1) is 24.6. The van der Waals surface area contributed by atoms with Crippen LogP contribution in [0.25, 0.3) is 10.9 Å². The van der Waals surface area contributed by atoms with Gasteiger partial charge in [-0.25, -0.2) is 0 Å². The van der Waals surface area contributed by atoms with Crippen molar-refractivity contribution in [2.45, 2.75) is 49.7 Å². The van der Waals surface area contributed by atoms with Crippen LogP contribution in [-0.2, 0) is 16.8 Å². The summed E-state index contributed by atoms with van der Waals surface area (Å²) < 4.78 is 0. The van der Waals surface area contributed by atoms with Gasteiger partial charge in [-0.1, -0.05) is 48.5 Å². The number of nitrogens with one attached hydrogen (secondary N) is 2. The molecule has 0 radical (unpaired) electrons. The maximum atomic E-state index is 11.9. The van der Waals surface area contributed by atoms with E-state index in [0.29, 0.717) is 6.42 Å². The van der Waals surface area contributed by atoms with Gasteiger partial charge in [0.1, 0.15) is 0 Å². The molecule has 1 aliphatic carbocycles. The molecule has 0 bridgehead atoms. The fraction of sp³-hybridized carbons (Fsp3) is 0.400. The van der Waals surface area contributed by atoms with Crippen LogP contribution in [0.2, 0.25) is 0 Å². The molecule has 1 atom stereocenters. The summed E-state index contributed by atoms with van der Waals surface area (Å²) >= 11 is 0. The van der Waals surface area contributed by atoms with Crippen LogP contribution in [-0.4, -0.2) is 42.0 Å². The molecule has 4 rings (SSSR count). The van der Waals surface area contributed by atoms with E-state index in [1.807, 2.05) is 30.5 Å². The van der Waals surface area contributed by atoms with Gasteiger partial charge in [-0.2, -0.15) is 0 Å². The van der Waals surface area contributed by atoms with Crippen LogP contribution in [0.4, 0.5) is 0 Å². The molecule has 3 aromatic rings. The first-order valence-electron chi connectivity index (χ1n) is 10.7. The Morgan fingerprint density at radius 3 is 2.42 bits per heavy atom. The number of carbonyl (C=O) groups is 1. The smallest absolute Gasteiger partial charge is 0.548 e. The quantitative estimate of drug-likeness (QED) is 0.497. The predicted molar refractivity (Wildman–Crippen MR) is 118 cm³/mol. The van der Waals surface area contributed by atoms with Crippen LogP contribution in [0.15, 0.2) is 60.8 Å². The molecule has 31 heavy (non-hydrogen) atoms. The largest absolute Gasteiger partial charge is 1.00 e. The van der Waals surface area contributed by atoms with Crippen molar-refractivity contribution in [3.63, 3.8) is 0 Å². The number of benzene rings is 2. The summed E-state index contributed by atoms with van der Waals surface area (Å²) in [5.41, 5.74) is 3.38. The van der Waals surface area contributed by atoms with E-state index in [1.54, 1.807) is 0 Å². The van der Waals surface area contributed by atoms with E-state index in [4.69, 9.17) is 0 Å². The Balaban J connectivity index is 0.00000272. The van der Waals surface area contributed by atoms with Crippen molar-refractivity contribution >= 4 is 16.9 Å². The normalized spacial score (nSPS) is 22.2. The van der Waals surface area contributed by atoms with E-state index in [1.165, 1.54) is 5.56 Å². The van der Waals surface area contributed by atoms with Crippen LogP contribution in [0, 0.1) is 0 Å². The maximum Gasteiger partial charge on any atom is 1.00 e. The predicted octanol–water partition coefficient (Wildman–Crippen LogP) is -0.178. The third kappa shape index (κ3) is 5.33. The summed E-state index contributed by atoms with van der Waals surface area (Å²) in [6, 6.07) is 18.1. The molecule has 0 amide bonds. The van der Waals surface area contributed by atoms with Gasteiger partial charge in [0.25, 0.3) is 0 Å². The van der Waals surface area contributed by atoms with E-state index >= 15 is 0 Å². The Morgan fingerprint density at radius 2 is 1.77 bits per heavy atom. The monoisotopic (exact) mass is 443 g/mol. The molecule has 2 N–H and O–H groups in total. The Bertz CT molecular complexity index is 994. The van der Waals surface area contributed by atoms with E-state index in [9.17, 15) is 9.90 Å². The molecular formula is C25H30KN3O2. The Morgan fingerprint density at radius 1 is 1.13 bits per heavy atom. The molecule has 1 saturated carbocycles. The maximum absolute atomic E-state index is 11.9. The summed E-state index contributed by atoms with van der Waals surface area (Å²) in [4.78, 5) is 17.5. The van der Waals surface area contributed by atoms with Gasteiger partial charge in [0.2, 0.25) is 0 Å². The minimum Gasteiger partial charge on any atom is -0.548 e. The van der Waals surface area contributed by atoms with Crippen molar-refractivity contribution < 1.29 is 61.3 Å². The summed E-state index contributed by atoms with van der Waals surface area (Å²) in [5, 5.41) is 16.4. The summed E-state index contributed by atoms with van der Waals surface area (Å²) in [5.74, 6) is -1.03. The number of hydrogen-bond acceptors (Lipinski definition) is 4. The number of aromatic nitrogens is 1.